The summed E-state index contributed by atoms with van der Waals surface area (Å²) in [4.78, 5) is 15.1. The number of hydrogen-bond donors (Lipinski definition) is 1. The number of aromatic carboxylic acids is 1. The lowest BCUT2D eigenvalue weighted by atomic mass is 10.2. The average Bonchev–Trinajstić information content (AvgIpc) is 2.17. The molecule has 0 radical (unpaired) electrons. The maximum atomic E-state index is 10.8. The van der Waals surface area contributed by atoms with E-state index in [9.17, 15) is 4.79 Å². The van der Waals surface area contributed by atoms with E-state index in [1.807, 2.05) is 6.92 Å². The predicted molar refractivity (Wildman–Crippen MR) is 61.6 cm³/mol. The molecule has 1 aromatic rings. The van der Waals surface area contributed by atoms with E-state index in [0.29, 0.717) is 5.56 Å². The fraction of sp³-hybridized carbons (Fsp3) is 0.455. The number of rotatable bonds is 5. The van der Waals surface area contributed by atoms with Gasteiger partial charge in [-0.3, -0.25) is 0 Å². The van der Waals surface area contributed by atoms with Crippen LogP contribution >= 0.6 is 11.8 Å². The van der Waals surface area contributed by atoms with Crippen LogP contribution in [-0.2, 0) is 0 Å². The highest BCUT2D eigenvalue weighted by molar-refractivity contribution is 7.99. The van der Waals surface area contributed by atoms with Gasteiger partial charge in [-0.15, -0.1) is 11.8 Å². The molecule has 4 heteroatoms. The van der Waals surface area contributed by atoms with Gasteiger partial charge in [0.05, 0.1) is 10.6 Å². The van der Waals surface area contributed by atoms with Gasteiger partial charge in [0.25, 0.3) is 0 Å². The number of aryl methyl sites for hydroxylation is 1. The zero-order chi connectivity index (χ0) is 11.3. The molecule has 0 spiro atoms. The maximum absolute atomic E-state index is 10.8. The molecule has 0 aliphatic carbocycles. The summed E-state index contributed by atoms with van der Waals surface area (Å²) in [6.07, 6.45) is 2.27. The fourth-order valence-corrected chi connectivity index (χ4v) is 2.22. The topological polar surface area (TPSA) is 50.2 Å². The SMILES string of the molecule is CCCCSc1cc(C(=O)O)cc(C)n1. The van der Waals surface area contributed by atoms with Crippen molar-refractivity contribution in [3.05, 3.63) is 23.4 Å². The number of carboxylic acids is 1. The largest absolute Gasteiger partial charge is 0.478 e. The second-order valence-electron chi connectivity index (χ2n) is 3.34. The number of pyridine rings is 1. The Bertz CT molecular complexity index is 352. The zero-order valence-electron chi connectivity index (χ0n) is 8.99. The lowest BCUT2D eigenvalue weighted by molar-refractivity contribution is 0.0696. The summed E-state index contributed by atoms with van der Waals surface area (Å²) in [5.41, 5.74) is 1.08. The van der Waals surface area contributed by atoms with Crippen LogP contribution in [0, 0.1) is 6.92 Å². The fourth-order valence-electron chi connectivity index (χ4n) is 1.16. The monoisotopic (exact) mass is 225 g/mol. The van der Waals surface area contributed by atoms with Crippen LogP contribution in [0.4, 0.5) is 0 Å². The van der Waals surface area contributed by atoms with E-state index in [1.165, 1.54) is 0 Å². The minimum atomic E-state index is -0.891. The summed E-state index contributed by atoms with van der Waals surface area (Å²) in [6, 6.07) is 3.22. The van der Waals surface area contributed by atoms with Gasteiger partial charge in [0, 0.05) is 5.69 Å². The summed E-state index contributed by atoms with van der Waals surface area (Å²) >= 11 is 1.62. The molecule has 1 aromatic heterocycles. The molecule has 82 valence electrons. The second kappa shape index (κ2) is 5.75. The molecule has 0 atom stereocenters. The third kappa shape index (κ3) is 3.91. The average molecular weight is 225 g/mol. The lowest BCUT2D eigenvalue weighted by Crippen LogP contribution is -1.99. The van der Waals surface area contributed by atoms with Crippen molar-refractivity contribution in [1.29, 1.82) is 0 Å². The van der Waals surface area contributed by atoms with Crippen molar-refractivity contribution in [3.63, 3.8) is 0 Å². The van der Waals surface area contributed by atoms with Crippen molar-refractivity contribution < 1.29 is 9.90 Å². The molecule has 3 nitrogen and oxygen atoms in total. The van der Waals surface area contributed by atoms with Crippen LogP contribution in [0.1, 0.15) is 35.8 Å². The first-order chi connectivity index (χ1) is 7.13. The zero-order valence-corrected chi connectivity index (χ0v) is 9.80. The molecule has 0 aromatic carbocycles. The van der Waals surface area contributed by atoms with E-state index in [1.54, 1.807) is 23.9 Å². The molecule has 1 heterocycles. The van der Waals surface area contributed by atoms with E-state index >= 15 is 0 Å². The highest BCUT2D eigenvalue weighted by Gasteiger charge is 2.06. The first-order valence-corrected chi connectivity index (χ1v) is 5.97. The number of thioether (sulfide) groups is 1. The van der Waals surface area contributed by atoms with Crippen molar-refractivity contribution >= 4 is 17.7 Å². The Morgan fingerprint density at radius 1 is 1.53 bits per heavy atom. The van der Waals surface area contributed by atoms with Gasteiger partial charge < -0.3 is 5.11 Å². The molecule has 1 N–H and O–H groups in total. The van der Waals surface area contributed by atoms with Crippen molar-refractivity contribution in [1.82, 2.24) is 4.98 Å². The minimum Gasteiger partial charge on any atom is -0.478 e. The Labute approximate surface area is 93.9 Å². The van der Waals surface area contributed by atoms with Gasteiger partial charge in [0.2, 0.25) is 0 Å². The lowest BCUT2D eigenvalue weighted by Gasteiger charge is -2.03. The van der Waals surface area contributed by atoms with Crippen LogP contribution < -0.4 is 0 Å². The Morgan fingerprint density at radius 2 is 2.27 bits per heavy atom. The van der Waals surface area contributed by atoms with Crippen LogP contribution in [0.25, 0.3) is 0 Å². The highest BCUT2D eigenvalue weighted by Crippen LogP contribution is 2.19. The summed E-state index contributed by atoms with van der Waals surface area (Å²) in [7, 11) is 0. The second-order valence-corrected chi connectivity index (χ2v) is 4.46. The number of nitrogens with zero attached hydrogens (tertiary/aromatic N) is 1. The Balaban J connectivity index is 2.75. The van der Waals surface area contributed by atoms with E-state index in [-0.39, 0.29) is 0 Å². The Morgan fingerprint density at radius 3 is 2.87 bits per heavy atom. The number of aromatic nitrogens is 1. The van der Waals surface area contributed by atoms with Gasteiger partial charge in [-0.1, -0.05) is 13.3 Å². The maximum Gasteiger partial charge on any atom is 0.335 e. The van der Waals surface area contributed by atoms with Crippen LogP contribution in [-0.4, -0.2) is 21.8 Å². The van der Waals surface area contributed by atoms with Crippen LogP contribution in [0.2, 0.25) is 0 Å². The number of carboxylic acid groups (broad SMARTS) is 1. The van der Waals surface area contributed by atoms with E-state index in [4.69, 9.17) is 5.11 Å². The van der Waals surface area contributed by atoms with Crippen molar-refractivity contribution in [2.75, 3.05) is 5.75 Å². The van der Waals surface area contributed by atoms with Gasteiger partial charge in [0.15, 0.2) is 0 Å². The summed E-state index contributed by atoms with van der Waals surface area (Å²) in [5, 5.41) is 9.67. The summed E-state index contributed by atoms with van der Waals surface area (Å²) in [6.45, 7) is 3.95. The quantitative estimate of drug-likeness (QED) is 0.618. The molecule has 0 amide bonds. The molecule has 0 saturated heterocycles. The van der Waals surface area contributed by atoms with E-state index < -0.39 is 5.97 Å². The molecule has 0 aliphatic heterocycles. The molecule has 1 rings (SSSR count). The third-order valence-electron chi connectivity index (χ3n) is 1.92. The normalized spacial score (nSPS) is 10.3. The first-order valence-electron chi connectivity index (χ1n) is 4.98. The Kier molecular flexibility index (Phi) is 4.62. The Hall–Kier alpha value is -1.03. The van der Waals surface area contributed by atoms with E-state index in [2.05, 4.69) is 11.9 Å². The summed E-state index contributed by atoms with van der Waals surface area (Å²) < 4.78 is 0. The smallest absolute Gasteiger partial charge is 0.335 e. The minimum absolute atomic E-state index is 0.321. The predicted octanol–water partition coefficient (Wildman–Crippen LogP) is 2.98. The van der Waals surface area contributed by atoms with Crippen LogP contribution in [0.3, 0.4) is 0 Å². The third-order valence-corrected chi connectivity index (χ3v) is 2.92. The van der Waals surface area contributed by atoms with Gasteiger partial charge in [-0.25, -0.2) is 9.78 Å². The highest BCUT2D eigenvalue weighted by atomic mass is 32.2. The van der Waals surface area contributed by atoms with E-state index in [0.717, 1.165) is 29.3 Å². The van der Waals surface area contributed by atoms with Gasteiger partial charge >= 0.3 is 5.97 Å². The molecular weight excluding hydrogens is 210 g/mol. The number of unbranched alkanes of at least 4 members (excludes halogenated alkanes) is 1. The van der Waals surface area contributed by atoms with Crippen molar-refractivity contribution in [3.8, 4) is 0 Å². The molecule has 0 aliphatic rings. The van der Waals surface area contributed by atoms with Gasteiger partial charge in [-0.2, -0.15) is 0 Å². The van der Waals surface area contributed by atoms with Crippen molar-refractivity contribution in [2.45, 2.75) is 31.7 Å². The molecule has 0 bridgehead atoms. The van der Waals surface area contributed by atoms with Gasteiger partial charge in [0.1, 0.15) is 0 Å². The molecule has 0 fully saturated rings. The first kappa shape index (κ1) is 12.0. The standard InChI is InChI=1S/C11H15NO2S/c1-3-4-5-15-10-7-9(11(13)14)6-8(2)12-10/h6-7H,3-5H2,1-2H3,(H,13,14). The van der Waals surface area contributed by atoms with Gasteiger partial charge in [-0.05, 0) is 31.2 Å². The number of hydrogen-bond acceptors (Lipinski definition) is 3. The molecule has 15 heavy (non-hydrogen) atoms. The molecule has 0 unspecified atom stereocenters. The van der Waals surface area contributed by atoms with Crippen molar-refractivity contribution in [2.24, 2.45) is 0 Å². The number of carbonyl (C=O) groups is 1. The molecular formula is C11H15NO2S. The van der Waals surface area contributed by atoms with Crippen LogP contribution in [0.15, 0.2) is 17.2 Å². The molecule has 0 saturated carbocycles. The van der Waals surface area contributed by atoms with Crippen LogP contribution in [0.5, 0.6) is 0 Å². The summed E-state index contributed by atoms with van der Waals surface area (Å²) in [5.74, 6) is 0.101.